The smallest absolute Gasteiger partial charge is 0.266 e. The summed E-state index contributed by atoms with van der Waals surface area (Å²) in [6, 6.07) is 12.3. The summed E-state index contributed by atoms with van der Waals surface area (Å²) < 4.78 is 24.4. The zero-order chi connectivity index (χ0) is 30.2. The van der Waals surface area contributed by atoms with Crippen LogP contribution < -0.4 is 20.1 Å². The van der Waals surface area contributed by atoms with Crippen molar-refractivity contribution < 1.29 is 23.7 Å². The Bertz CT molecular complexity index is 1530. The molecule has 2 aliphatic heterocycles. The fraction of sp³-hybridized carbons (Fsp3) is 0.406. The maximum atomic E-state index is 13.3. The second-order valence-electron chi connectivity index (χ2n) is 11.5. The summed E-state index contributed by atoms with van der Waals surface area (Å²) in [6.45, 7) is 11.0. The Morgan fingerprint density at radius 1 is 1.02 bits per heavy atom. The molecule has 2 aromatic carbocycles. The number of amides is 1. The fourth-order valence-corrected chi connectivity index (χ4v) is 6.01. The van der Waals surface area contributed by atoms with Gasteiger partial charge in [0.15, 0.2) is 11.8 Å². The number of aromatic nitrogens is 2. The quantitative estimate of drug-likeness (QED) is 0.273. The SMILES string of the molecule is COc1nc(NCc2ccccc2Br)nc(OC)c1NC(=O)C1CC=C(Cc2cc3c(cc2C)C(C)(C)OC3(C)C)O1. The first kappa shape index (κ1) is 29.8. The van der Waals surface area contributed by atoms with Gasteiger partial charge in [0.25, 0.3) is 5.91 Å². The largest absolute Gasteiger partial charge is 0.485 e. The summed E-state index contributed by atoms with van der Waals surface area (Å²) >= 11 is 3.54. The molecule has 0 fully saturated rings. The van der Waals surface area contributed by atoms with Gasteiger partial charge in [0.2, 0.25) is 17.7 Å². The average Bonchev–Trinajstić information content (AvgIpc) is 3.48. The Morgan fingerprint density at radius 3 is 2.31 bits per heavy atom. The van der Waals surface area contributed by atoms with Crippen molar-refractivity contribution in [3.63, 3.8) is 0 Å². The highest BCUT2D eigenvalue weighted by molar-refractivity contribution is 9.10. The predicted molar refractivity (Wildman–Crippen MR) is 165 cm³/mol. The van der Waals surface area contributed by atoms with Crippen LogP contribution in [-0.2, 0) is 38.4 Å². The van der Waals surface area contributed by atoms with Crippen LogP contribution >= 0.6 is 15.9 Å². The van der Waals surface area contributed by atoms with Crippen molar-refractivity contribution in [2.24, 2.45) is 0 Å². The van der Waals surface area contributed by atoms with E-state index in [0.717, 1.165) is 21.4 Å². The molecule has 0 spiro atoms. The molecule has 0 radical (unpaired) electrons. The number of halogens is 1. The van der Waals surface area contributed by atoms with Crippen LogP contribution in [-0.4, -0.2) is 36.2 Å². The number of fused-ring (bicyclic) bond motifs is 1. The Balaban J connectivity index is 1.26. The van der Waals surface area contributed by atoms with Crippen LogP contribution in [0.2, 0.25) is 0 Å². The zero-order valence-electron chi connectivity index (χ0n) is 25.1. The number of rotatable bonds is 9. The Labute approximate surface area is 255 Å². The van der Waals surface area contributed by atoms with Gasteiger partial charge >= 0.3 is 0 Å². The molecular formula is C32H37BrN4O5. The highest BCUT2D eigenvalue weighted by Gasteiger charge is 2.43. The van der Waals surface area contributed by atoms with Crippen molar-refractivity contribution >= 4 is 33.5 Å². The minimum absolute atomic E-state index is 0.178. The number of hydrogen-bond acceptors (Lipinski definition) is 8. The predicted octanol–water partition coefficient (Wildman–Crippen LogP) is 6.53. The van der Waals surface area contributed by atoms with Crippen molar-refractivity contribution in [1.29, 1.82) is 0 Å². The highest BCUT2D eigenvalue weighted by Crippen LogP contribution is 2.47. The van der Waals surface area contributed by atoms with E-state index in [1.165, 1.54) is 30.9 Å². The molecule has 0 bridgehead atoms. The summed E-state index contributed by atoms with van der Waals surface area (Å²) in [7, 11) is 2.96. The first-order valence-electron chi connectivity index (χ1n) is 13.9. The first-order valence-corrected chi connectivity index (χ1v) is 14.7. The Hall–Kier alpha value is -3.63. The third kappa shape index (κ3) is 5.96. The molecule has 1 aromatic heterocycles. The molecule has 0 saturated carbocycles. The van der Waals surface area contributed by atoms with Crippen LogP contribution in [0.4, 0.5) is 11.6 Å². The van der Waals surface area contributed by atoms with Gasteiger partial charge < -0.3 is 29.6 Å². The molecule has 0 saturated heterocycles. The van der Waals surface area contributed by atoms with E-state index in [9.17, 15) is 4.79 Å². The summed E-state index contributed by atoms with van der Waals surface area (Å²) in [5, 5.41) is 6.04. The van der Waals surface area contributed by atoms with Gasteiger partial charge in [-0.3, -0.25) is 4.79 Å². The molecule has 222 valence electrons. The Kier molecular flexibility index (Phi) is 8.22. The maximum absolute atomic E-state index is 13.3. The lowest BCUT2D eigenvalue weighted by molar-refractivity contribution is -0.124. The van der Waals surface area contributed by atoms with E-state index in [-0.39, 0.29) is 34.6 Å². The van der Waals surface area contributed by atoms with E-state index in [2.05, 4.69) is 83.3 Å². The van der Waals surface area contributed by atoms with Crippen LogP contribution in [0, 0.1) is 6.92 Å². The van der Waals surface area contributed by atoms with E-state index in [0.29, 0.717) is 25.3 Å². The monoisotopic (exact) mass is 636 g/mol. The summed E-state index contributed by atoms with van der Waals surface area (Å²) in [5.41, 5.74) is 5.28. The second-order valence-corrected chi connectivity index (χ2v) is 12.4. The number of ether oxygens (including phenoxy) is 4. The van der Waals surface area contributed by atoms with Gasteiger partial charge in [-0.2, -0.15) is 9.97 Å². The number of carbonyl (C=O) groups is 1. The van der Waals surface area contributed by atoms with Gasteiger partial charge in [-0.05, 0) is 74.6 Å². The molecule has 2 N–H and O–H groups in total. The topological polar surface area (TPSA) is 104 Å². The molecule has 1 atom stereocenters. The van der Waals surface area contributed by atoms with Crippen LogP contribution in [0.5, 0.6) is 11.8 Å². The number of anilines is 2. The summed E-state index contributed by atoms with van der Waals surface area (Å²) in [6.07, 6.45) is 2.31. The zero-order valence-corrected chi connectivity index (χ0v) is 26.6. The van der Waals surface area contributed by atoms with Crippen LogP contribution in [0.3, 0.4) is 0 Å². The van der Waals surface area contributed by atoms with Crippen molar-refractivity contribution in [1.82, 2.24) is 9.97 Å². The van der Waals surface area contributed by atoms with E-state index < -0.39 is 6.10 Å². The number of carbonyl (C=O) groups excluding carboxylic acids is 1. The molecular weight excluding hydrogens is 600 g/mol. The lowest BCUT2D eigenvalue weighted by Gasteiger charge is -2.24. The number of nitrogens with zero attached hydrogens (tertiary/aromatic N) is 2. The normalized spacial score (nSPS) is 18.1. The minimum Gasteiger partial charge on any atom is -0.485 e. The highest BCUT2D eigenvalue weighted by atomic mass is 79.9. The molecule has 9 nitrogen and oxygen atoms in total. The van der Waals surface area contributed by atoms with Crippen LogP contribution in [0.15, 0.2) is 52.7 Å². The molecule has 10 heteroatoms. The minimum atomic E-state index is -0.698. The van der Waals surface area contributed by atoms with Crippen molar-refractivity contribution in [2.75, 3.05) is 24.9 Å². The van der Waals surface area contributed by atoms with E-state index >= 15 is 0 Å². The number of hydrogen-bond donors (Lipinski definition) is 2. The molecule has 3 aromatic rings. The number of nitrogens with one attached hydrogen (secondary N) is 2. The van der Waals surface area contributed by atoms with Gasteiger partial charge in [-0.1, -0.05) is 46.3 Å². The van der Waals surface area contributed by atoms with Crippen LogP contribution in [0.1, 0.15) is 61.9 Å². The third-order valence-electron chi connectivity index (χ3n) is 7.67. The summed E-state index contributed by atoms with van der Waals surface area (Å²) in [5.74, 6) is 1.09. The second kappa shape index (κ2) is 11.6. The number of benzene rings is 2. The van der Waals surface area contributed by atoms with Crippen LogP contribution in [0.25, 0.3) is 0 Å². The van der Waals surface area contributed by atoms with E-state index in [1.54, 1.807) is 0 Å². The number of allylic oxidation sites excluding steroid dienone is 1. The molecule has 5 rings (SSSR count). The van der Waals surface area contributed by atoms with E-state index in [4.69, 9.17) is 18.9 Å². The van der Waals surface area contributed by atoms with Gasteiger partial charge in [0, 0.05) is 23.9 Å². The lowest BCUT2D eigenvalue weighted by Crippen LogP contribution is -2.28. The van der Waals surface area contributed by atoms with E-state index in [1.807, 2.05) is 30.3 Å². The number of aryl methyl sites for hydroxylation is 1. The number of methoxy groups -OCH3 is 2. The lowest BCUT2D eigenvalue weighted by atomic mass is 9.86. The molecule has 3 heterocycles. The van der Waals surface area contributed by atoms with Gasteiger partial charge in [-0.15, -0.1) is 0 Å². The average molecular weight is 638 g/mol. The first-order chi connectivity index (χ1) is 19.9. The van der Waals surface area contributed by atoms with Crippen molar-refractivity contribution in [3.8, 4) is 11.8 Å². The van der Waals surface area contributed by atoms with Crippen molar-refractivity contribution in [3.05, 3.63) is 80.5 Å². The molecule has 1 unspecified atom stereocenters. The molecule has 1 amide bonds. The van der Waals surface area contributed by atoms with Crippen molar-refractivity contribution in [2.45, 2.75) is 71.3 Å². The van der Waals surface area contributed by atoms with Gasteiger partial charge in [-0.25, -0.2) is 0 Å². The third-order valence-corrected chi connectivity index (χ3v) is 8.44. The molecule has 2 aliphatic rings. The molecule has 42 heavy (non-hydrogen) atoms. The van der Waals surface area contributed by atoms with Gasteiger partial charge in [0.05, 0.1) is 31.2 Å². The molecule has 0 aliphatic carbocycles. The van der Waals surface area contributed by atoms with Gasteiger partial charge in [0.1, 0.15) is 0 Å². The Morgan fingerprint density at radius 2 is 1.67 bits per heavy atom. The summed E-state index contributed by atoms with van der Waals surface area (Å²) in [4.78, 5) is 22.2. The fourth-order valence-electron chi connectivity index (χ4n) is 5.59. The standard InChI is InChI=1S/C32H37BrN4O5/c1-18-14-22-23(32(4,5)42-31(22,2)3)16-20(18)15-21-12-13-25(41-21)27(38)35-26-28(39-6)36-30(37-29(26)40-7)34-17-19-10-8-9-11-24(19)33/h8-12,14,16,25H,13,15,17H2,1-7H3,(H,35,38)(H,34,36,37). The maximum Gasteiger partial charge on any atom is 0.266 e.